The minimum atomic E-state index is -0.578. The van der Waals surface area contributed by atoms with E-state index in [1.54, 1.807) is 11.1 Å². The third kappa shape index (κ3) is 5.66. The Bertz CT molecular complexity index is 788. The summed E-state index contributed by atoms with van der Waals surface area (Å²) in [6, 6.07) is 0.303. The number of amides is 2. The van der Waals surface area contributed by atoms with Gasteiger partial charge in [-0.05, 0) is 25.7 Å². The van der Waals surface area contributed by atoms with Crippen molar-refractivity contribution in [3.05, 3.63) is 23.7 Å². The molecule has 1 aliphatic heterocycles. The van der Waals surface area contributed by atoms with Crippen molar-refractivity contribution in [3.8, 4) is 0 Å². The summed E-state index contributed by atoms with van der Waals surface area (Å²) in [6.45, 7) is 1.36. The first-order valence-electron chi connectivity index (χ1n) is 9.94. The largest absolute Gasteiger partial charge is 0.403 e. The van der Waals surface area contributed by atoms with Crippen LogP contribution in [0, 0.1) is 0 Å². The Morgan fingerprint density at radius 1 is 1.28 bits per heavy atom. The number of anilines is 2. The lowest BCUT2D eigenvalue weighted by molar-refractivity contribution is -0.119. The van der Waals surface area contributed by atoms with E-state index in [1.807, 2.05) is 0 Å². The van der Waals surface area contributed by atoms with Crippen LogP contribution in [0.15, 0.2) is 23.1 Å². The van der Waals surface area contributed by atoms with Crippen LogP contribution < -0.4 is 22.1 Å². The molecule has 1 atom stereocenters. The minimum Gasteiger partial charge on any atom is -0.403 e. The summed E-state index contributed by atoms with van der Waals surface area (Å²) in [5, 5.41) is 6.32. The summed E-state index contributed by atoms with van der Waals surface area (Å²) in [6.07, 6.45) is 11.5. The molecule has 29 heavy (non-hydrogen) atoms. The van der Waals surface area contributed by atoms with Crippen molar-refractivity contribution >= 4 is 30.3 Å². The molecule has 10 nitrogen and oxygen atoms in total. The Kier molecular flexibility index (Phi) is 6.99. The number of carbonyl (C=O) groups is 2. The molecule has 2 aliphatic rings. The standard InChI is InChI=1S/C19H28N8O2/c20-8-15(9-22-14-6-3-7-27(11-14)12-28)25-19-23-10-16(17(21)29)18(26-19)24-13-4-1-2-5-13/h8-10,12-14H,1-7,11,20H2,(H2,21,29)(H2,23,24,25,26). The van der Waals surface area contributed by atoms with Crippen LogP contribution in [0.3, 0.4) is 0 Å². The molecule has 156 valence electrons. The van der Waals surface area contributed by atoms with Crippen molar-refractivity contribution in [2.24, 2.45) is 16.5 Å². The van der Waals surface area contributed by atoms with E-state index < -0.39 is 5.91 Å². The van der Waals surface area contributed by atoms with Gasteiger partial charge in [0.05, 0.1) is 17.3 Å². The third-order valence-electron chi connectivity index (χ3n) is 5.19. The number of rotatable bonds is 8. The maximum atomic E-state index is 11.7. The first-order chi connectivity index (χ1) is 14.1. The second-order valence-electron chi connectivity index (χ2n) is 7.37. The molecule has 1 aliphatic carbocycles. The number of hydrogen-bond donors (Lipinski definition) is 4. The van der Waals surface area contributed by atoms with Crippen molar-refractivity contribution < 1.29 is 9.59 Å². The number of primary amides is 1. The first-order valence-corrected chi connectivity index (χ1v) is 9.94. The van der Waals surface area contributed by atoms with E-state index in [9.17, 15) is 9.59 Å². The number of carbonyl (C=O) groups excluding carboxylic acids is 2. The number of nitrogens with one attached hydrogen (secondary N) is 2. The van der Waals surface area contributed by atoms with E-state index in [1.165, 1.54) is 12.4 Å². The summed E-state index contributed by atoms with van der Waals surface area (Å²) >= 11 is 0. The van der Waals surface area contributed by atoms with Gasteiger partial charge in [0, 0.05) is 37.7 Å². The van der Waals surface area contributed by atoms with Gasteiger partial charge in [-0.2, -0.15) is 4.98 Å². The molecule has 2 fully saturated rings. The van der Waals surface area contributed by atoms with E-state index in [0.717, 1.165) is 51.5 Å². The number of aliphatic imine (C=N–C) groups is 1. The second-order valence-corrected chi connectivity index (χ2v) is 7.37. The highest BCUT2D eigenvalue weighted by atomic mass is 16.1. The lowest BCUT2D eigenvalue weighted by Gasteiger charge is -2.27. The smallest absolute Gasteiger partial charge is 0.254 e. The summed E-state index contributed by atoms with van der Waals surface area (Å²) in [5.74, 6) is 0.131. The molecule has 10 heteroatoms. The monoisotopic (exact) mass is 400 g/mol. The van der Waals surface area contributed by atoms with Crippen molar-refractivity contribution in [2.45, 2.75) is 50.6 Å². The van der Waals surface area contributed by atoms with Crippen LogP contribution in [-0.2, 0) is 4.79 Å². The van der Waals surface area contributed by atoms with Gasteiger partial charge in [-0.3, -0.25) is 14.6 Å². The molecule has 0 radical (unpaired) electrons. The van der Waals surface area contributed by atoms with Crippen LogP contribution in [0.25, 0.3) is 0 Å². The minimum absolute atomic E-state index is 0.0310. The fraction of sp³-hybridized carbons (Fsp3) is 0.526. The normalized spacial score (nSPS) is 20.8. The Balaban J connectivity index is 1.69. The first kappa shape index (κ1) is 20.6. The molecule has 1 aromatic rings. The molecule has 3 rings (SSSR count). The maximum absolute atomic E-state index is 11.7. The predicted octanol–water partition coefficient (Wildman–Crippen LogP) is 0.834. The molecule has 2 amide bonds. The maximum Gasteiger partial charge on any atom is 0.254 e. The van der Waals surface area contributed by atoms with Crippen LogP contribution in [0.4, 0.5) is 11.8 Å². The topological polar surface area (TPSA) is 152 Å². The Labute approximate surface area is 169 Å². The molecule has 1 unspecified atom stereocenters. The van der Waals surface area contributed by atoms with Gasteiger partial charge in [-0.1, -0.05) is 12.8 Å². The molecule has 0 spiro atoms. The van der Waals surface area contributed by atoms with Crippen LogP contribution in [0.1, 0.15) is 48.9 Å². The van der Waals surface area contributed by atoms with Gasteiger partial charge in [0.2, 0.25) is 12.4 Å². The van der Waals surface area contributed by atoms with Crippen molar-refractivity contribution in [1.82, 2.24) is 14.9 Å². The van der Waals surface area contributed by atoms with E-state index in [2.05, 4.69) is 25.6 Å². The zero-order chi connectivity index (χ0) is 20.6. The molecular weight excluding hydrogens is 372 g/mol. The predicted molar refractivity (Wildman–Crippen MR) is 111 cm³/mol. The highest BCUT2D eigenvalue weighted by molar-refractivity contribution is 5.97. The van der Waals surface area contributed by atoms with Crippen molar-refractivity contribution in [1.29, 1.82) is 0 Å². The zero-order valence-corrected chi connectivity index (χ0v) is 16.4. The highest BCUT2D eigenvalue weighted by Gasteiger charge is 2.20. The summed E-state index contributed by atoms with van der Waals surface area (Å²) in [7, 11) is 0. The Hall–Kier alpha value is -3.17. The highest BCUT2D eigenvalue weighted by Crippen LogP contribution is 2.23. The molecule has 0 aromatic carbocycles. The fourth-order valence-electron chi connectivity index (χ4n) is 3.63. The molecule has 2 heterocycles. The Morgan fingerprint density at radius 2 is 2.07 bits per heavy atom. The van der Waals surface area contributed by atoms with Crippen LogP contribution in [0.2, 0.25) is 0 Å². The third-order valence-corrected chi connectivity index (χ3v) is 5.19. The van der Waals surface area contributed by atoms with E-state index >= 15 is 0 Å². The lowest BCUT2D eigenvalue weighted by atomic mass is 10.1. The average molecular weight is 400 g/mol. The fourth-order valence-corrected chi connectivity index (χ4v) is 3.63. The number of piperidine rings is 1. The molecule has 1 saturated heterocycles. The van der Waals surface area contributed by atoms with Crippen molar-refractivity contribution in [3.63, 3.8) is 0 Å². The summed E-state index contributed by atoms with van der Waals surface area (Å²) < 4.78 is 0. The van der Waals surface area contributed by atoms with Gasteiger partial charge in [0.25, 0.3) is 5.91 Å². The zero-order valence-electron chi connectivity index (χ0n) is 16.4. The summed E-state index contributed by atoms with van der Waals surface area (Å²) in [4.78, 5) is 37.5. The van der Waals surface area contributed by atoms with Gasteiger partial charge in [-0.15, -0.1) is 0 Å². The number of hydrogen-bond acceptors (Lipinski definition) is 8. The second kappa shape index (κ2) is 9.85. The molecule has 0 bridgehead atoms. The van der Waals surface area contributed by atoms with Crippen LogP contribution in [-0.4, -0.2) is 58.6 Å². The molecular formula is C19H28N8O2. The lowest BCUT2D eigenvalue weighted by Crippen LogP contribution is -2.36. The van der Waals surface area contributed by atoms with Crippen molar-refractivity contribution in [2.75, 3.05) is 23.7 Å². The van der Waals surface area contributed by atoms with Gasteiger partial charge < -0.3 is 27.0 Å². The van der Waals surface area contributed by atoms with E-state index in [4.69, 9.17) is 11.5 Å². The van der Waals surface area contributed by atoms with Gasteiger partial charge in [0.1, 0.15) is 5.82 Å². The number of nitrogens with two attached hydrogens (primary N) is 2. The number of likely N-dealkylation sites (tertiary alicyclic amines) is 1. The van der Waals surface area contributed by atoms with Gasteiger partial charge in [-0.25, -0.2) is 4.98 Å². The van der Waals surface area contributed by atoms with Gasteiger partial charge >= 0.3 is 0 Å². The molecule has 6 N–H and O–H groups in total. The van der Waals surface area contributed by atoms with Crippen LogP contribution >= 0.6 is 0 Å². The quantitative estimate of drug-likeness (QED) is 0.372. The number of allylic oxidation sites excluding steroid dienone is 1. The SMILES string of the molecule is NC=C(C=NC1CCCN(C=O)C1)Nc1ncc(C(N)=O)c(NC2CCCC2)n1. The van der Waals surface area contributed by atoms with E-state index in [0.29, 0.717) is 18.1 Å². The molecule has 1 saturated carbocycles. The average Bonchev–Trinajstić information content (AvgIpc) is 3.24. The summed E-state index contributed by atoms with van der Waals surface area (Å²) in [5.41, 5.74) is 11.9. The van der Waals surface area contributed by atoms with E-state index in [-0.39, 0.29) is 23.6 Å². The number of nitrogens with zero attached hydrogens (tertiary/aromatic N) is 4. The number of aromatic nitrogens is 2. The van der Waals surface area contributed by atoms with Gasteiger partial charge in [0.15, 0.2) is 0 Å². The van der Waals surface area contributed by atoms with Crippen LogP contribution in [0.5, 0.6) is 0 Å². The molecule has 1 aromatic heterocycles. The Morgan fingerprint density at radius 3 is 2.76 bits per heavy atom.